The molecule has 1 aliphatic heterocycles. The Hall–Kier alpha value is -1.54. The number of ether oxygens (including phenoxy) is 1. The maximum Gasteiger partial charge on any atom is 0.416 e. The minimum atomic E-state index is -4.47. The molecule has 2 rings (SSSR count). The average Bonchev–Trinajstić information content (AvgIpc) is 2.44. The predicted octanol–water partition coefficient (Wildman–Crippen LogP) is 4.21. The van der Waals surface area contributed by atoms with Gasteiger partial charge in [0.05, 0.1) is 17.4 Å². The van der Waals surface area contributed by atoms with Crippen LogP contribution in [-0.2, 0) is 15.4 Å². The summed E-state index contributed by atoms with van der Waals surface area (Å²) < 4.78 is 50.1. The van der Waals surface area contributed by atoms with Crippen LogP contribution in [0.1, 0.15) is 32.8 Å². The summed E-state index contributed by atoms with van der Waals surface area (Å²) in [7, 11) is -1.33. The number of carbonyl (C=O) groups excluding carboxylic acids is 1. The molecule has 1 heterocycles. The summed E-state index contributed by atoms with van der Waals surface area (Å²) in [4.78, 5) is 12.3. The number of alkyl halides is 3. The smallest absolute Gasteiger partial charge is 0.416 e. The van der Waals surface area contributed by atoms with Gasteiger partial charge in [-0.1, -0.05) is 20.8 Å². The third-order valence-electron chi connectivity index (χ3n) is 3.96. The number of benzene rings is 1. The van der Waals surface area contributed by atoms with E-state index in [9.17, 15) is 18.0 Å². The molecule has 0 spiro atoms. The Morgan fingerprint density at radius 1 is 1.28 bits per heavy atom. The van der Waals surface area contributed by atoms with Crippen molar-refractivity contribution in [1.29, 1.82) is 0 Å². The van der Waals surface area contributed by atoms with E-state index in [2.05, 4.69) is 18.4 Å². The van der Waals surface area contributed by atoms with E-state index in [-0.39, 0.29) is 23.0 Å². The zero-order valence-electron chi connectivity index (χ0n) is 15.0. The molecular formula is C17H24F3NO3Si. The number of carbonyl (C=O) groups is 1. The van der Waals surface area contributed by atoms with E-state index in [0.29, 0.717) is 6.42 Å². The highest BCUT2D eigenvalue weighted by Crippen LogP contribution is 2.38. The molecule has 2 atom stereocenters. The first-order valence-electron chi connectivity index (χ1n) is 8.22. The second-order valence-electron chi connectivity index (χ2n) is 7.58. The van der Waals surface area contributed by atoms with Crippen LogP contribution >= 0.6 is 0 Å². The Morgan fingerprint density at radius 2 is 1.92 bits per heavy atom. The second kappa shape index (κ2) is 6.99. The third-order valence-corrected chi connectivity index (χ3v) is 4.83. The molecule has 1 aromatic rings. The van der Waals surface area contributed by atoms with Crippen LogP contribution in [0.3, 0.4) is 0 Å². The zero-order valence-corrected chi connectivity index (χ0v) is 16.2. The molecule has 2 unspecified atom stereocenters. The normalized spacial score (nSPS) is 19.2. The monoisotopic (exact) mass is 375 g/mol. The predicted molar refractivity (Wildman–Crippen MR) is 92.3 cm³/mol. The van der Waals surface area contributed by atoms with E-state index in [1.165, 1.54) is 6.07 Å². The minimum Gasteiger partial charge on any atom is -0.478 e. The summed E-state index contributed by atoms with van der Waals surface area (Å²) in [6.07, 6.45) is -5.09. The van der Waals surface area contributed by atoms with Crippen molar-refractivity contribution in [2.45, 2.75) is 58.7 Å². The van der Waals surface area contributed by atoms with Crippen molar-refractivity contribution in [3.8, 4) is 5.75 Å². The standard InChI is InChI=1S/C17H24F3NO3Si/c1-16(2,3)14(24-25(4)5)9-13-15(22)21-11-8-10(17(18,19)20)6-7-12(11)23-13/h6-8,13-14,25H,9H2,1-5H3,(H,21,22). The Labute approximate surface area is 147 Å². The third kappa shape index (κ3) is 4.98. The van der Waals surface area contributed by atoms with Crippen molar-refractivity contribution < 1.29 is 27.1 Å². The number of rotatable bonds is 4. The van der Waals surface area contributed by atoms with Gasteiger partial charge in [0.15, 0.2) is 15.1 Å². The Morgan fingerprint density at radius 3 is 2.44 bits per heavy atom. The largest absolute Gasteiger partial charge is 0.478 e. The molecule has 0 fully saturated rings. The maximum absolute atomic E-state index is 12.8. The summed E-state index contributed by atoms with van der Waals surface area (Å²) in [5.74, 6) is -0.206. The van der Waals surface area contributed by atoms with E-state index < -0.39 is 32.8 Å². The van der Waals surface area contributed by atoms with Gasteiger partial charge in [0, 0.05) is 6.42 Å². The van der Waals surface area contributed by atoms with Gasteiger partial charge in [-0.15, -0.1) is 0 Å². The maximum atomic E-state index is 12.8. The van der Waals surface area contributed by atoms with E-state index in [1.807, 2.05) is 20.8 Å². The molecule has 4 nitrogen and oxygen atoms in total. The first-order chi connectivity index (χ1) is 11.4. The first kappa shape index (κ1) is 19.8. The lowest BCUT2D eigenvalue weighted by atomic mass is 9.85. The van der Waals surface area contributed by atoms with Crippen LogP contribution in [0.4, 0.5) is 18.9 Å². The van der Waals surface area contributed by atoms with Crippen LogP contribution in [0.15, 0.2) is 18.2 Å². The second-order valence-corrected chi connectivity index (χ2v) is 9.95. The topological polar surface area (TPSA) is 47.6 Å². The molecule has 1 aliphatic rings. The van der Waals surface area contributed by atoms with Gasteiger partial charge in [-0.2, -0.15) is 13.2 Å². The van der Waals surface area contributed by atoms with Gasteiger partial charge in [0.25, 0.3) is 5.91 Å². The number of hydrogen-bond donors (Lipinski definition) is 1. The Bertz CT molecular complexity index is 641. The molecule has 0 saturated heterocycles. The molecule has 1 N–H and O–H groups in total. The first-order valence-corrected chi connectivity index (χ1v) is 11.0. The van der Waals surface area contributed by atoms with Crippen molar-refractivity contribution in [2.75, 3.05) is 5.32 Å². The summed E-state index contributed by atoms with van der Waals surface area (Å²) in [5, 5.41) is 2.52. The summed E-state index contributed by atoms with van der Waals surface area (Å²) in [5.41, 5.74) is -0.959. The molecule has 1 aromatic carbocycles. The van der Waals surface area contributed by atoms with Crippen LogP contribution in [0.2, 0.25) is 13.1 Å². The molecule has 140 valence electrons. The van der Waals surface area contributed by atoms with Gasteiger partial charge in [-0.3, -0.25) is 4.79 Å². The van der Waals surface area contributed by atoms with Gasteiger partial charge >= 0.3 is 6.18 Å². The number of anilines is 1. The molecule has 8 heteroatoms. The zero-order chi connectivity index (χ0) is 19.0. The van der Waals surface area contributed by atoms with Crippen LogP contribution in [0.5, 0.6) is 5.75 Å². The van der Waals surface area contributed by atoms with Crippen molar-refractivity contribution in [3.05, 3.63) is 23.8 Å². The summed E-state index contributed by atoms with van der Waals surface area (Å²) >= 11 is 0. The number of halogens is 3. The van der Waals surface area contributed by atoms with Gasteiger partial charge in [0.1, 0.15) is 5.75 Å². The van der Waals surface area contributed by atoms with Gasteiger partial charge in [-0.25, -0.2) is 0 Å². The van der Waals surface area contributed by atoms with Gasteiger partial charge in [0.2, 0.25) is 0 Å². The molecule has 0 aliphatic carbocycles. The fourth-order valence-electron chi connectivity index (χ4n) is 2.62. The Balaban J connectivity index is 2.19. The summed E-state index contributed by atoms with van der Waals surface area (Å²) in [6.45, 7) is 10.2. The van der Waals surface area contributed by atoms with E-state index >= 15 is 0 Å². The minimum absolute atomic E-state index is 0.0440. The molecule has 0 saturated carbocycles. The molecule has 0 aromatic heterocycles. The van der Waals surface area contributed by atoms with Crippen molar-refractivity contribution in [2.24, 2.45) is 5.41 Å². The fraction of sp³-hybridized carbons (Fsp3) is 0.588. The molecule has 1 amide bonds. The van der Waals surface area contributed by atoms with Gasteiger partial charge < -0.3 is 14.5 Å². The quantitative estimate of drug-likeness (QED) is 0.802. The molecular weight excluding hydrogens is 351 g/mol. The lowest BCUT2D eigenvalue weighted by Crippen LogP contribution is -2.44. The van der Waals surface area contributed by atoms with Crippen LogP contribution < -0.4 is 10.1 Å². The summed E-state index contributed by atoms with van der Waals surface area (Å²) in [6, 6.07) is 3.09. The number of nitrogens with one attached hydrogen (secondary N) is 1. The highest BCUT2D eigenvalue weighted by atomic mass is 28.3. The lowest BCUT2D eigenvalue weighted by Gasteiger charge is -2.36. The van der Waals surface area contributed by atoms with Crippen molar-refractivity contribution >= 4 is 20.6 Å². The van der Waals surface area contributed by atoms with E-state index in [1.54, 1.807) is 0 Å². The molecule has 25 heavy (non-hydrogen) atoms. The number of amides is 1. The van der Waals surface area contributed by atoms with Crippen molar-refractivity contribution in [3.63, 3.8) is 0 Å². The lowest BCUT2D eigenvalue weighted by molar-refractivity contribution is -0.137. The fourth-order valence-corrected chi connectivity index (χ4v) is 3.79. The molecule has 0 bridgehead atoms. The number of hydrogen-bond acceptors (Lipinski definition) is 3. The number of fused-ring (bicyclic) bond motifs is 1. The Kier molecular flexibility index (Phi) is 5.53. The van der Waals surface area contributed by atoms with E-state index in [4.69, 9.17) is 9.16 Å². The van der Waals surface area contributed by atoms with Crippen LogP contribution in [0.25, 0.3) is 0 Å². The van der Waals surface area contributed by atoms with Crippen molar-refractivity contribution in [1.82, 2.24) is 0 Å². The average molecular weight is 375 g/mol. The van der Waals surface area contributed by atoms with E-state index in [0.717, 1.165) is 12.1 Å². The van der Waals surface area contributed by atoms with Gasteiger partial charge in [-0.05, 0) is 36.7 Å². The van der Waals surface area contributed by atoms with Crippen LogP contribution in [0, 0.1) is 5.41 Å². The SMILES string of the molecule is C[SiH](C)OC(CC1Oc2ccc(C(F)(F)F)cc2NC1=O)C(C)(C)C. The highest BCUT2D eigenvalue weighted by molar-refractivity contribution is 6.48. The molecule has 0 radical (unpaired) electrons. The van der Waals surface area contributed by atoms with Crippen LogP contribution in [-0.4, -0.2) is 27.2 Å². The highest BCUT2D eigenvalue weighted by Gasteiger charge is 2.37.